The Kier molecular flexibility index (Phi) is 5.40. The van der Waals surface area contributed by atoms with Crippen LogP contribution in [0.2, 0.25) is 0 Å². The van der Waals surface area contributed by atoms with Crippen LogP contribution in [0.5, 0.6) is 0 Å². The van der Waals surface area contributed by atoms with Gasteiger partial charge in [0.25, 0.3) is 5.91 Å². The minimum atomic E-state index is -0.197. The molecule has 4 aromatic rings. The highest BCUT2D eigenvalue weighted by molar-refractivity contribution is 7.10. The van der Waals surface area contributed by atoms with Crippen molar-refractivity contribution in [1.82, 2.24) is 9.36 Å². The quantitative estimate of drug-likeness (QED) is 0.499. The number of hydrogen-bond acceptors (Lipinski definition) is 5. The summed E-state index contributed by atoms with van der Waals surface area (Å²) in [5.41, 5.74) is 2.73. The summed E-state index contributed by atoms with van der Waals surface area (Å²) in [5.74, 6) is 0.362. The number of rotatable bonds is 6. The number of nitrogens with zero attached hydrogens (tertiary/aromatic N) is 3. The van der Waals surface area contributed by atoms with Gasteiger partial charge in [0.2, 0.25) is 11.1 Å². The minimum absolute atomic E-state index is 0.197. The van der Waals surface area contributed by atoms with Gasteiger partial charge in [-0.2, -0.15) is 9.36 Å². The van der Waals surface area contributed by atoms with Crippen molar-refractivity contribution >= 4 is 34.2 Å². The van der Waals surface area contributed by atoms with Crippen LogP contribution < -0.4 is 10.2 Å². The van der Waals surface area contributed by atoms with Crippen LogP contribution in [0, 0.1) is 0 Å². The molecule has 28 heavy (non-hydrogen) atoms. The van der Waals surface area contributed by atoms with Gasteiger partial charge in [-0.25, -0.2) is 0 Å². The van der Waals surface area contributed by atoms with Crippen molar-refractivity contribution in [3.05, 3.63) is 102 Å². The molecule has 0 saturated heterocycles. The zero-order valence-corrected chi connectivity index (χ0v) is 15.8. The maximum Gasteiger partial charge on any atom is 0.257 e. The summed E-state index contributed by atoms with van der Waals surface area (Å²) in [4.78, 5) is 19.0. The molecule has 1 N–H and O–H groups in total. The summed E-state index contributed by atoms with van der Waals surface area (Å²) in [5, 5.41) is 3.30. The van der Waals surface area contributed by atoms with Crippen LogP contribution in [0.25, 0.3) is 0 Å². The van der Waals surface area contributed by atoms with E-state index in [1.54, 1.807) is 12.1 Å². The molecule has 138 valence electrons. The predicted molar refractivity (Wildman–Crippen MR) is 113 cm³/mol. The third-order valence-electron chi connectivity index (χ3n) is 4.16. The molecule has 0 saturated carbocycles. The molecule has 1 heterocycles. The fraction of sp³-hybridized carbons (Fsp3) is 0.0455. The van der Waals surface area contributed by atoms with E-state index in [0.29, 0.717) is 23.2 Å². The van der Waals surface area contributed by atoms with E-state index in [0.717, 1.165) is 11.3 Å². The fourth-order valence-corrected chi connectivity index (χ4v) is 3.35. The Hall–Kier alpha value is -3.51. The van der Waals surface area contributed by atoms with Gasteiger partial charge in [0.05, 0.1) is 6.54 Å². The van der Waals surface area contributed by atoms with Crippen molar-refractivity contribution in [2.75, 3.05) is 10.2 Å². The van der Waals surface area contributed by atoms with Crippen molar-refractivity contribution in [3.63, 3.8) is 0 Å². The van der Waals surface area contributed by atoms with E-state index < -0.39 is 0 Å². The summed E-state index contributed by atoms with van der Waals surface area (Å²) in [6.45, 7) is 0.633. The molecule has 6 heteroatoms. The SMILES string of the molecule is O=C(Nc1nc(N(Cc2ccccc2)c2ccccc2)ns1)c1ccccc1. The molecule has 0 unspecified atom stereocenters. The van der Waals surface area contributed by atoms with E-state index in [-0.39, 0.29) is 5.91 Å². The topological polar surface area (TPSA) is 58.1 Å². The normalized spacial score (nSPS) is 10.4. The van der Waals surface area contributed by atoms with Gasteiger partial charge in [-0.05, 0) is 29.8 Å². The molecule has 0 atom stereocenters. The minimum Gasteiger partial charge on any atom is -0.305 e. The maximum absolute atomic E-state index is 12.4. The first-order valence-corrected chi connectivity index (χ1v) is 9.63. The molecule has 4 rings (SSSR count). The number of anilines is 3. The van der Waals surface area contributed by atoms with E-state index in [2.05, 4.69) is 26.8 Å². The second-order valence-electron chi connectivity index (χ2n) is 6.13. The third-order valence-corrected chi connectivity index (χ3v) is 4.79. The molecule has 0 aliphatic carbocycles. The molecule has 0 aliphatic rings. The van der Waals surface area contributed by atoms with Gasteiger partial charge in [0.1, 0.15) is 0 Å². The highest BCUT2D eigenvalue weighted by Crippen LogP contribution is 2.27. The molecule has 3 aromatic carbocycles. The van der Waals surface area contributed by atoms with Crippen LogP contribution in [-0.2, 0) is 6.54 Å². The average molecular weight is 386 g/mol. The molecule has 0 radical (unpaired) electrons. The molecular weight excluding hydrogens is 368 g/mol. The molecule has 0 aliphatic heterocycles. The Morgan fingerprint density at radius 3 is 2.14 bits per heavy atom. The summed E-state index contributed by atoms with van der Waals surface area (Å²) in [7, 11) is 0. The second kappa shape index (κ2) is 8.45. The monoisotopic (exact) mass is 386 g/mol. The molecule has 0 fully saturated rings. The first-order valence-electron chi connectivity index (χ1n) is 8.86. The summed E-state index contributed by atoms with van der Waals surface area (Å²) in [6.07, 6.45) is 0. The third kappa shape index (κ3) is 4.24. The van der Waals surface area contributed by atoms with Crippen LogP contribution in [0.4, 0.5) is 16.8 Å². The van der Waals surface area contributed by atoms with Crippen LogP contribution in [0.15, 0.2) is 91.0 Å². The molecule has 1 amide bonds. The lowest BCUT2D eigenvalue weighted by Gasteiger charge is -2.21. The van der Waals surface area contributed by atoms with Gasteiger partial charge in [0, 0.05) is 22.8 Å². The Labute approximate surface area is 167 Å². The summed E-state index contributed by atoms with van der Waals surface area (Å²) >= 11 is 1.17. The van der Waals surface area contributed by atoms with Crippen LogP contribution in [0.1, 0.15) is 15.9 Å². The number of hydrogen-bond donors (Lipinski definition) is 1. The summed E-state index contributed by atoms with van der Waals surface area (Å²) in [6, 6.07) is 29.2. The first-order chi connectivity index (χ1) is 13.8. The Morgan fingerprint density at radius 1 is 0.857 bits per heavy atom. The average Bonchev–Trinajstić information content (AvgIpc) is 3.22. The number of nitrogens with one attached hydrogen (secondary N) is 1. The van der Waals surface area contributed by atoms with Gasteiger partial charge >= 0.3 is 0 Å². The number of benzene rings is 3. The standard InChI is InChI=1S/C22H18N4OS/c27-20(18-12-6-2-7-13-18)23-22-24-21(25-28-22)26(19-14-8-3-9-15-19)16-17-10-4-1-5-11-17/h1-15H,16H2,(H,23,24,25,27). The van der Waals surface area contributed by atoms with Crippen molar-refractivity contribution in [2.24, 2.45) is 0 Å². The largest absolute Gasteiger partial charge is 0.305 e. The highest BCUT2D eigenvalue weighted by atomic mass is 32.1. The van der Waals surface area contributed by atoms with Crippen molar-refractivity contribution < 1.29 is 4.79 Å². The van der Waals surface area contributed by atoms with E-state index in [1.807, 2.05) is 71.6 Å². The second-order valence-corrected chi connectivity index (χ2v) is 6.88. The van der Waals surface area contributed by atoms with Crippen molar-refractivity contribution in [3.8, 4) is 0 Å². The molecule has 1 aromatic heterocycles. The van der Waals surface area contributed by atoms with Gasteiger partial charge < -0.3 is 4.90 Å². The van der Waals surface area contributed by atoms with Gasteiger partial charge in [-0.1, -0.05) is 66.7 Å². The van der Waals surface area contributed by atoms with Crippen molar-refractivity contribution in [2.45, 2.75) is 6.54 Å². The highest BCUT2D eigenvalue weighted by Gasteiger charge is 2.17. The van der Waals surface area contributed by atoms with E-state index >= 15 is 0 Å². The Balaban J connectivity index is 1.58. The first kappa shape index (κ1) is 17.9. The number of carbonyl (C=O) groups excluding carboxylic acids is 1. The zero-order valence-electron chi connectivity index (χ0n) is 15.0. The summed E-state index contributed by atoms with van der Waals surface area (Å²) < 4.78 is 4.48. The maximum atomic E-state index is 12.4. The number of aromatic nitrogens is 2. The lowest BCUT2D eigenvalue weighted by molar-refractivity contribution is 0.102. The molecule has 0 spiro atoms. The van der Waals surface area contributed by atoms with Gasteiger partial charge in [0.15, 0.2) is 0 Å². The van der Waals surface area contributed by atoms with Crippen LogP contribution >= 0.6 is 11.5 Å². The van der Waals surface area contributed by atoms with Crippen LogP contribution in [0.3, 0.4) is 0 Å². The lowest BCUT2D eigenvalue weighted by Crippen LogP contribution is -2.18. The van der Waals surface area contributed by atoms with Crippen LogP contribution in [-0.4, -0.2) is 15.3 Å². The van der Waals surface area contributed by atoms with E-state index in [1.165, 1.54) is 11.5 Å². The van der Waals surface area contributed by atoms with E-state index in [9.17, 15) is 4.79 Å². The van der Waals surface area contributed by atoms with Crippen molar-refractivity contribution in [1.29, 1.82) is 0 Å². The fourth-order valence-electron chi connectivity index (χ4n) is 2.79. The lowest BCUT2D eigenvalue weighted by atomic mass is 10.2. The Bertz CT molecular complexity index is 1040. The zero-order chi connectivity index (χ0) is 19.2. The van der Waals surface area contributed by atoms with E-state index in [4.69, 9.17) is 0 Å². The molecule has 5 nitrogen and oxygen atoms in total. The number of para-hydroxylation sites is 1. The Morgan fingerprint density at radius 2 is 1.46 bits per heavy atom. The number of carbonyl (C=O) groups is 1. The number of amides is 1. The smallest absolute Gasteiger partial charge is 0.257 e. The molecule has 0 bridgehead atoms. The predicted octanol–water partition coefficient (Wildman–Crippen LogP) is 5.13. The molecular formula is C22H18N4OS. The van der Waals surface area contributed by atoms with Gasteiger partial charge in [-0.3, -0.25) is 10.1 Å². The van der Waals surface area contributed by atoms with Gasteiger partial charge in [-0.15, -0.1) is 0 Å².